The van der Waals surface area contributed by atoms with E-state index in [1.165, 1.54) is 16.4 Å². The summed E-state index contributed by atoms with van der Waals surface area (Å²) in [6.45, 7) is 2.79. The molecule has 8 nitrogen and oxygen atoms in total. The summed E-state index contributed by atoms with van der Waals surface area (Å²) in [6.07, 6.45) is 2.57. The lowest BCUT2D eigenvalue weighted by molar-refractivity contribution is 0.0441. The summed E-state index contributed by atoms with van der Waals surface area (Å²) < 4.78 is 58.8. The van der Waals surface area contributed by atoms with Gasteiger partial charge in [0.15, 0.2) is 9.84 Å². The second-order valence-corrected chi connectivity index (χ2v) is 13.7. The summed E-state index contributed by atoms with van der Waals surface area (Å²) in [7, 11) is -7.11. The van der Waals surface area contributed by atoms with Gasteiger partial charge in [0, 0.05) is 30.8 Å². The lowest BCUT2D eigenvalue weighted by Gasteiger charge is -2.31. The van der Waals surface area contributed by atoms with Gasteiger partial charge in [-0.2, -0.15) is 0 Å². The van der Waals surface area contributed by atoms with Gasteiger partial charge in [0.1, 0.15) is 0 Å². The molecule has 2 aromatic carbocycles. The Morgan fingerprint density at radius 3 is 2.66 bits per heavy atom. The molecule has 10 heteroatoms. The molecule has 0 spiro atoms. The molecule has 3 aliphatic heterocycles. The average molecular weight is 519 g/mol. The minimum atomic E-state index is -3.90. The molecule has 35 heavy (non-hydrogen) atoms. The highest BCUT2D eigenvalue weighted by Crippen LogP contribution is 2.36. The Bertz CT molecular complexity index is 1340. The molecule has 0 unspecified atom stereocenters. The van der Waals surface area contributed by atoms with Gasteiger partial charge in [0.2, 0.25) is 0 Å². The summed E-state index contributed by atoms with van der Waals surface area (Å²) in [4.78, 5) is 15.3. The maximum Gasteiger partial charge on any atom is 0.264 e. The molecule has 0 bridgehead atoms. The fourth-order valence-electron chi connectivity index (χ4n) is 5.40. The van der Waals surface area contributed by atoms with Gasteiger partial charge >= 0.3 is 0 Å². The Labute approximate surface area is 206 Å². The Balaban J connectivity index is 1.46. The van der Waals surface area contributed by atoms with Gasteiger partial charge in [0.25, 0.3) is 15.9 Å². The number of carbonyl (C=O) groups is 1. The molecule has 2 fully saturated rings. The van der Waals surface area contributed by atoms with Crippen molar-refractivity contribution in [3.8, 4) is 0 Å². The standard InChI is InChI=1S/C25H30N2O6S2/c1-18-14-19-6-2-3-10-24(19)27(18)35(31,32)23-9-4-7-20(15-23)25(28)26(16-22-8-5-12-33-22)21-11-13-34(29,30)17-21/h2-4,6-7,9-10,15,18,21-22H,5,8,11-14,16-17H2,1H3/t18-,21+,22+/m1/s1. The van der Waals surface area contributed by atoms with Crippen molar-refractivity contribution in [1.82, 2.24) is 4.90 Å². The van der Waals surface area contributed by atoms with Crippen molar-refractivity contribution in [3.63, 3.8) is 0 Å². The molecule has 2 aromatic rings. The molecule has 1 amide bonds. The van der Waals surface area contributed by atoms with Gasteiger partial charge in [0.05, 0.1) is 28.2 Å². The summed E-state index contributed by atoms with van der Waals surface area (Å²) in [6, 6.07) is 12.8. The monoisotopic (exact) mass is 518 g/mol. The highest BCUT2D eigenvalue weighted by atomic mass is 32.2. The van der Waals surface area contributed by atoms with E-state index >= 15 is 0 Å². The molecular weight excluding hydrogens is 488 g/mol. The number of amides is 1. The van der Waals surface area contributed by atoms with Crippen molar-refractivity contribution < 1.29 is 26.4 Å². The first-order valence-corrected chi connectivity index (χ1v) is 15.3. The van der Waals surface area contributed by atoms with E-state index in [9.17, 15) is 21.6 Å². The topological polar surface area (TPSA) is 101 Å². The maximum atomic E-state index is 13.7. The van der Waals surface area contributed by atoms with Crippen LogP contribution in [0, 0.1) is 0 Å². The third kappa shape index (κ3) is 4.71. The van der Waals surface area contributed by atoms with E-state index in [4.69, 9.17) is 4.74 Å². The van der Waals surface area contributed by atoms with Crippen LogP contribution in [0.2, 0.25) is 0 Å². The van der Waals surface area contributed by atoms with Crippen molar-refractivity contribution in [3.05, 3.63) is 59.7 Å². The smallest absolute Gasteiger partial charge is 0.264 e. The van der Waals surface area contributed by atoms with Gasteiger partial charge in [-0.3, -0.25) is 9.10 Å². The Morgan fingerprint density at radius 2 is 1.94 bits per heavy atom. The predicted molar refractivity (Wildman–Crippen MR) is 133 cm³/mol. The number of benzene rings is 2. The number of para-hydroxylation sites is 1. The summed E-state index contributed by atoms with van der Waals surface area (Å²) >= 11 is 0. The summed E-state index contributed by atoms with van der Waals surface area (Å²) in [5, 5.41) is 0. The van der Waals surface area contributed by atoms with Crippen LogP contribution in [0.5, 0.6) is 0 Å². The minimum absolute atomic E-state index is 0.0445. The molecule has 0 saturated carbocycles. The SMILES string of the molecule is C[C@@H]1Cc2ccccc2N1S(=O)(=O)c1cccc(C(=O)N(C[C@@H]2CCCO2)[C@H]2CCS(=O)(=O)C2)c1. The zero-order valence-electron chi connectivity index (χ0n) is 19.7. The number of rotatable bonds is 6. The predicted octanol–water partition coefficient (Wildman–Crippen LogP) is 2.63. The van der Waals surface area contributed by atoms with E-state index < -0.39 is 25.9 Å². The zero-order valence-corrected chi connectivity index (χ0v) is 21.3. The highest BCUT2D eigenvalue weighted by molar-refractivity contribution is 7.93. The molecule has 0 aliphatic carbocycles. The van der Waals surface area contributed by atoms with Gasteiger partial charge < -0.3 is 9.64 Å². The molecule has 0 N–H and O–H groups in total. The maximum absolute atomic E-state index is 13.7. The quantitative estimate of drug-likeness (QED) is 0.583. The van der Waals surface area contributed by atoms with Gasteiger partial charge in [-0.15, -0.1) is 0 Å². The first-order chi connectivity index (χ1) is 16.7. The highest BCUT2D eigenvalue weighted by Gasteiger charge is 2.38. The lowest BCUT2D eigenvalue weighted by Crippen LogP contribution is -2.45. The van der Waals surface area contributed by atoms with Crippen LogP contribution in [0.15, 0.2) is 53.4 Å². The lowest BCUT2D eigenvalue weighted by atomic mass is 10.1. The van der Waals surface area contributed by atoms with Crippen LogP contribution < -0.4 is 4.31 Å². The largest absolute Gasteiger partial charge is 0.376 e. The van der Waals surface area contributed by atoms with E-state index in [0.717, 1.165) is 18.4 Å². The van der Waals surface area contributed by atoms with Crippen molar-refractivity contribution >= 4 is 31.5 Å². The first-order valence-electron chi connectivity index (χ1n) is 12.0. The van der Waals surface area contributed by atoms with E-state index in [1.54, 1.807) is 23.1 Å². The molecule has 3 aliphatic rings. The normalized spacial score (nSPS) is 25.5. The third-order valence-corrected chi connectivity index (χ3v) is 10.8. The molecule has 3 heterocycles. The number of carbonyl (C=O) groups excluding carboxylic acids is 1. The molecule has 2 saturated heterocycles. The Hall–Kier alpha value is -2.43. The minimum Gasteiger partial charge on any atom is -0.376 e. The van der Waals surface area contributed by atoms with E-state index in [2.05, 4.69) is 0 Å². The number of nitrogens with zero attached hydrogens (tertiary/aromatic N) is 2. The van der Waals surface area contributed by atoms with E-state index in [1.807, 2.05) is 25.1 Å². The number of sulfonamides is 1. The molecule has 0 radical (unpaired) electrons. The van der Waals surface area contributed by atoms with Crippen LogP contribution in [0.3, 0.4) is 0 Å². The van der Waals surface area contributed by atoms with Gasteiger partial charge in [-0.1, -0.05) is 24.3 Å². The molecule has 5 rings (SSSR count). The second-order valence-electron chi connectivity index (χ2n) is 9.66. The van der Waals surface area contributed by atoms with E-state index in [-0.39, 0.29) is 40.0 Å². The van der Waals surface area contributed by atoms with Crippen molar-refractivity contribution in [2.24, 2.45) is 0 Å². The zero-order chi connectivity index (χ0) is 24.8. The second kappa shape index (κ2) is 9.22. The van der Waals surface area contributed by atoms with Crippen LogP contribution in [0.4, 0.5) is 5.69 Å². The Kier molecular flexibility index (Phi) is 6.39. The fraction of sp³-hybridized carbons (Fsp3) is 0.480. The number of sulfone groups is 1. The number of hydrogen-bond acceptors (Lipinski definition) is 6. The molecule has 3 atom stereocenters. The summed E-state index contributed by atoms with van der Waals surface area (Å²) in [5.74, 6) is -0.395. The Morgan fingerprint density at radius 1 is 1.14 bits per heavy atom. The average Bonchev–Trinajstić information content (AvgIpc) is 3.55. The van der Waals surface area contributed by atoms with Crippen LogP contribution in [0.1, 0.15) is 42.1 Å². The number of anilines is 1. The fourth-order valence-corrected chi connectivity index (χ4v) is 8.87. The van der Waals surface area contributed by atoms with Crippen molar-refractivity contribution in [2.75, 3.05) is 29.0 Å². The van der Waals surface area contributed by atoms with Crippen LogP contribution in [0.25, 0.3) is 0 Å². The summed E-state index contributed by atoms with van der Waals surface area (Å²) in [5.41, 5.74) is 1.86. The van der Waals surface area contributed by atoms with E-state index in [0.29, 0.717) is 31.7 Å². The van der Waals surface area contributed by atoms with Crippen LogP contribution in [-0.2, 0) is 31.0 Å². The van der Waals surface area contributed by atoms with Crippen molar-refractivity contribution in [1.29, 1.82) is 0 Å². The van der Waals surface area contributed by atoms with Crippen LogP contribution >= 0.6 is 0 Å². The molecular formula is C25H30N2O6S2. The molecule has 188 valence electrons. The van der Waals surface area contributed by atoms with Crippen molar-refractivity contribution in [2.45, 2.75) is 55.7 Å². The first kappa shape index (κ1) is 24.3. The molecule has 0 aromatic heterocycles. The van der Waals surface area contributed by atoms with Gasteiger partial charge in [-0.25, -0.2) is 16.8 Å². The van der Waals surface area contributed by atoms with Crippen LogP contribution in [-0.4, -0.2) is 70.5 Å². The number of hydrogen-bond donors (Lipinski definition) is 0. The third-order valence-electron chi connectivity index (χ3n) is 7.12. The van der Waals surface area contributed by atoms with Gasteiger partial charge in [-0.05, 0) is 62.4 Å². The number of ether oxygens (including phenoxy) is 1. The number of fused-ring (bicyclic) bond motifs is 1.